The van der Waals surface area contributed by atoms with Crippen molar-refractivity contribution < 1.29 is 4.79 Å². The van der Waals surface area contributed by atoms with Crippen LogP contribution in [0.15, 0.2) is 6.07 Å². The number of hydrogen-bond donors (Lipinski definition) is 2. The van der Waals surface area contributed by atoms with Crippen LogP contribution in [0.2, 0.25) is 0 Å². The molecule has 0 spiro atoms. The summed E-state index contributed by atoms with van der Waals surface area (Å²) < 4.78 is 0. The van der Waals surface area contributed by atoms with Crippen LogP contribution in [0.3, 0.4) is 0 Å². The maximum atomic E-state index is 12.0. The second kappa shape index (κ2) is 5.58. The highest BCUT2D eigenvalue weighted by molar-refractivity contribution is 7.99. The number of aromatic nitrogens is 2. The Morgan fingerprint density at radius 3 is 3.12 bits per heavy atom. The van der Waals surface area contributed by atoms with Gasteiger partial charge in [-0.25, -0.2) is 0 Å². The van der Waals surface area contributed by atoms with Crippen molar-refractivity contribution in [3.05, 3.63) is 17.5 Å². The normalized spacial score (nSPS) is 23.9. The van der Waals surface area contributed by atoms with E-state index in [2.05, 4.69) is 22.4 Å². The zero-order valence-corrected chi connectivity index (χ0v) is 11.1. The minimum atomic E-state index is -0.0528. The molecule has 1 aliphatic rings. The van der Waals surface area contributed by atoms with Crippen LogP contribution in [-0.2, 0) is 0 Å². The minimum absolute atomic E-state index is 0.0528. The standard InChI is InChI=1S/C12H19N3OS/c1-3-17-11-6-4-5-9(11)13-12(16)10-7-8(2)14-15-10/h7,9,11H,3-6H2,1-2H3,(H,13,16)(H,14,15)/t9-,11-/m1/s1. The Morgan fingerprint density at radius 1 is 1.65 bits per heavy atom. The van der Waals surface area contributed by atoms with Gasteiger partial charge >= 0.3 is 0 Å². The van der Waals surface area contributed by atoms with E-state index in [9.17, 15) is 4.79 Å². The number of aromatic amines is 1. The highest BCUT2D eigenvalue weighted by Crippen LogP contribution is 2.29. The number of nitrogens with one attached hydrogen (secondary N) is 2. The summed E-state index contributed by atoms with van der Waals surface area (Å²) in [4.78, 5) is 12.0. The zero-order chi connectivity index (χ0) is 12.3. The number of amides is 1. The van der Waals surface area contributed by atoms with Crippen LogP contribution in [0.25, 0.3) is 0 Å². The monoisotopic (exact) mass is 253 g/mol. The Morgan fingerprint density at radius 2 is 2.47 bits per heavy atom. The van der Waals surface area contributed by atoms with E-state index >= 15 is 0 Å². The summed E-state index contributed by atoms with van der Waals surface area (Å²) in [5.74, 6) is 1.06. The molecule has 2 atom stereocenters. The van der Waals surface area contributed by atoms with E-state index < -0.39 is 0 Å². The van der Waals surface area contributed by atoms with E-state index in [-0.39, 0.29) is 5.91 Å². The van der Waals surface area contributed by atoms with Gasteiger partial charge in [-0.15, -0.1) is 0 Å². The van der Waals surface area contributed by atoms with Gasteiger partial charge in [-0.05, 0) is 31.6 Å². The fourth-order valence-electron chi connectivity index (χ4n) is 2.28. The van der Waals surface area contributed by atoms with Gasteiger partial charge in [0.05, 0.1) is 0 Å². The Kier molecular flexibility index (Phi) is 4.10. The molecule has 0 saturated heterocycles. The van der Waals surface area contributed by atoms with E-state index in [1.807, 2.05) is 18.7 Å². The lowest BCUT2D eigenvalue weighted by molar-refractivity contribution is 0.0933. The maximum absolute atomic E-state index is 12.0. The summed E-state index contributed by atoms with van der Waals surface area (Å²) in [5, 5.41) is 10.5. The molecule has 17 heavy (non-hydrogen) atoms. The van der Waals surface area contributed by atoms with E-state index in [0.717, 1.165) is 17.9 Å². The van der Waals surface area contributed by atoms with Crippen LogP contribution in [0, 0.1) is 6.92 Å². The molecule has 2 N–H and O–H groups in total. The minimum Gasteiger partial charge on any atom is -0.347 e. The van der Waals surface area contributed by atoms with Crippen LogP contribution in [0.1, 0.15) is 42.4 Å². The molecule has 5 heteroatoms. The molecular formula is C12H19N3OS. The van der Waals surface area contributed by atoms with Crippen LogP contribution in [-0.4, -0.2) is 33.1 Å². The van der Waals surface area contributed by atoms with Gasteiger partial charge in [-0.1, -0.05) is 13.3 Å². The highest BCUT2D eigenvalue weighted by Gasteiger charge is 2.29. The number of thioether (sulfide) groups is 1. The highest BCUT2D eigenvalue weighted by atomic mass is 32.2. The first-order valence-electron chi connectivity index (χ1n) is 6.15. The Bertz CT molecular complexity index is 391. The van der Waals surface area contributed by atoms with Crippen molar-refractivity contribution in [3.8, 4) is 0 Å². The van der Waals surface area contributed by atoms with Gasteiger partial charge in [0.2, 0.25) is 0 Å². The summed E-state index contributed by atoms with van der Waals surface area (Å²) in [6.45, 7) is 4.06. The van der Waals surface area contributed by atoms with Gasteiger partial charge in [0.25, 0.3) is 5.91 Å². The first-order valence-corrected chi connectivity index (χ1v) is 7.20. The Hall–Kier alpha value is -0.970. The number of carbonyl (C=O) groups is 1. The summed E-state index contributed by atoms with van der Waals surface area (Å²) in [6, 6.07) is 2.09. The van der Waals surface area contributed by atoms with Crippen molar-refractivity contribution in [1.82, 2.24) is 15.5 Å². The molecule has 0 aliphatic heterocycles. The van der Waals surface area contributed by atoms with E-state index in [1.165, 1.54) is 12.8 Å². The molecule has 0 radical (unpaired) electrons. The molecule has 1 saturated carbocycles. The Labute approximate surface area is 106 Å². The molecule has 1 aliphatic carbocycles. The van der Waals surface area contributed by atoms with Crippen LogP contribution >= 0.6 is 11.8 Å². The molecule has 1 aromatic heterocycles. The molecule has 1 amide bonds. The van der Waals surface area contributed by atoms with E-state index in [0.29, 0.717) is 17.0 Å². The van der Waals surface area contributed by atoms with Gasteiger partial charge < -0.3 is 5.32 Å². The third-order valence-electron chi connectivity index (χ3n) is 3.09. The molecular weight excluding hydrogens is 234 g/mol. The van der Waals surface area contributed by atoms with Gasteiger partial charge in [-0.2, -0.15) is 16.9 Å². The fourth-order valence-corrected chi connectivity index (χ4v) is 3.48. The Balaban J connectivity index is 1.94. The quantitative estimate of drug-likeness (QED) is 0.864. The van der Waals surface area contributed by atoms with Crippen LogP contribution in [0.5, 0.6) is 0 Å². The molecule has 0 aromatic carbocycles. The SMILES string of the molecule is CCS[C@@H]1CCC[C@H]1NC(=O)c1cc(C)[nH]n1. The average Bonchev–Trinajstić information content (AvgIpc) is 2.89. The van der Waals surface area contributed by atoms with Gasteiger partial charge in [0.1, 0.15) is 5.69 Å². The molecule has 4 nitrogen and oxygen atoms in total. The van der Waals surface area contributed by atoms with Crippen molar-refractivity contribution in [2.24, 2.45) is 0 Å². The third kappa shape index (κ3) is 3.03. The van der Waals surface area contributed by atoms with Crippen LogP contribution < -0.4 is 5.32 Å². The first kappa shape index (κ1) is 12.5. The molecule has 1 fully saturated rings. The fraction of sp³-hybridized carbons (Fsp3) is 0.667. The maximum Gasteiger partial charge on any atom is 0.272 e. The summed E-state index contributed by atoms with van der Waals surface area (Å²) in [6.07, 6.45) is 3.51. The molecule has 0 bridgehead atoms. The van der Waals surface area contributed by atoms with Gasteiger partial charge in [0.15, 0.2) is 0 Å². The number of carbonyl (C=O) groups excluding carboxylic acids is 1. The van der Waals surface area contributed by atoms with E-state index in [1.54, 1.807) is 6.07 Å². The number of nitrogens with zero attached hydrogens (tertiary/aromatic N) is 1. The zero-order valence-electron chi connectivity index (χ0n) is 10.3. The van der Waals surface area contributed by atoms with Gasteiger partial charge in [-0.3, -0.25) is 9.89 Å². The second-order valence-electron chi connectivity index (χ2n) is 4.44. The number of rotatable bonds is 4. The van der Waals surface area contributed by atoms with Crippen molar-refractivity contribution in [1.29, 1.82) is 0 Å². The summed E-state index contributed by atoms with van der Waals surface area (Å²) in [5.41, 5.74) is 1.41. The number of aryl methyl sites for hydroxylation is 1. The lowest BCUT2D eigenvalue weighted by Gasteiger charge is -2.19. The smallest absolute Gasteiger partial charge is 0.272 e. The molecule has 1 heterocycles. The summed E-state index contributed by atoms with van der Waals surface area (Å²) in [7, 11) is 0. The van der Waals surface area contributed by atoms with Crippen molar-refractivity contribution >= 4 is 17.7 Å². The van der Waals surface area contributed by atoms with E-state index in [4.69, 9.17) is 0 Å². The topological polar surface area (TPSA) is 57.8 Å². The number of H-pyrrole nitrogens is 1. The van der Waals surface area contributed by atoms with Gasteiger partial charge in [0, 0.05) is 17.0 Å². The molecule has 94 valence electrons. The third-order valence-corrected chi connectivity index (χ3v) is 4.41. The molecule has 2 rings (SSSR count). The predicted molar refractivity (Wildman–Crippen MR) is 70.3 cm³/mol. The number of hydrogen-bond acceptors (Lipinski definition) is 3. The van der Waals surface area contributed by atoms with Crippen molar-refractivity contribution in [2.45, 2.75) is 44.4 Å². The van der Waals surface area contributed by atoms with Crippen LogP contribution in [0.4, 0.5) is 0 Å². The lowest BCUT2D eigenvalue weighted by Crippen LogP contribution is -2.39. The van der Waals surface area contributed by atoms with Crippen molar-refractivity contribution in [2.75, 3.05) is 5.75 Å². The molecule has 0 unspecified atom stereocenters. The summed E-state index contributed by atoms with van der Waals surface area (Å²) >= 11 is 1.95. The predicted octanol–water partition coefficient (Wildman–Crippen LogP) is 2.12. The molecule has 1 aromatic rings. The first-order chi connectivity index (χ1) is 8.20. The lowest BCUT2D eigenvalue weighted by atomic mass is 10.2. The average molecular weight is 253 g/mol. The second-order valence-corrected chi connectivity index (χ2v) is 5.96. The largest absolute Gasteiger partial charge is 0.347 e. The van der Waals surface area contributed by atoms with Crippen molar-refractivity contribution in [3.63, 3.8) is 0 Å².